The molecule has 0 bridgehead atoms. The summed E-state index contributed by atoms with van der Waals surface area (Å²) in [5, 5.41) is 7.67. The largest absolute Gasteiger partial charge is 0.358 e. The molecular formula is C57H42N2S. The summed E-state index contributed by atoms with van der Waals surface area (Å²) < 4.78 is 1.27. The van der Waals surface area contributed by atoms with Gasteiger partial charge in [-0.15, -0.1) is 11.3 Å². The molecule has 3 atom stereocenters. The third-order valence-electron chi connectivity index (χ3n) is 13.2. The van der Waals surface area contributed by atoms with Crippen molar-refractivity contribution in [2.75, 3.05) is 5.32 Å². The SMILES string of the molecule is C1=CCCC(C2(c3ccccc3)C3=C(C=CC(c4cccc(C5=NC(c6ccccc6)Nc6c5sc5ccccc65)c4)C3)c3c2cc2ccccc2c3-c2ccccc2)=C1. The van der Waals surface area contributed by atoms with Crippen molar-refractivity contribution in [1.29, 1.82) is 0 Å². The lowest BCUT2D eigenvalue weighted by Gasteiger charge is -2.40. The van der Waals surface area contributed by atoms with E-state index in [1.807, 2.05) is 11.3 Å². The highest BCUT2D eigenvalue weighted by atomic mass is 32.1. The van der Waals surface area contributed by atoms with E-state index < -0.39 is 5.41 Å². The molecule has 8 aromatic rings. The second-order valence-corrected chi connectivity index (χ2v) is 17.5. The number of anilines is 1. The summed E-state index contributed by atoms with van der Waals surface area (Å²) in [5.41, 5.74) is 16.6. The summed E-state index contributed by atoms with van der Waals surface area (Å²) in [7, 11) is 0. The Morgan fingerprint density at radius 3 is 2.18 bits per heavy atom. The first-order valence-electron chi connectivity index (χ1n) is 21.2. The molecule has 60 heavy (non-hydrogen) atoms. The number of hydrogen-bond acceptors (Lipinski definition) is 3. The number of nitrogens with one attached hydrogen (secondary N) is 1. The van der Waals surface area contributed by atoms with Crippen LogP contribution in [0.3, 0.4) is 0 Å². The smallest absolute Gasteiger partial charge is 0.145 e. The van der Waals surface area contributed by atoms with Crippen molar-refractivity contribution in [2.24, 2.45) is 4.99 Å². The number of rotatable bonds is 6. The second-order valence-electron chi connectivity index (χ2n) is 16.5. The van der Waals surface area contributed by atoms with Crippen LogP contribution < -0.4 is 5.32 Å². The highest BCUT2D eigenvalue weighted by molar-refractivity contribution is 7.22. The Bertz CT molecular complexity index is 3150. The molecule has 1 aliphatic heterocycles. The van der Waals surface area contributed by atoms with Crippen molar-refractivity contribution < 1.29 is 0 Å². The van der Waals surface area contributed by atoms with E-state index in [1.165, 1.54) is 81.5 Å². The van der Waals surface area contributed by atoms with Gasteiger partial charge in [-0.25, -0.2) is 0 Å². The molecule has 0 radical (unpaired) electrons. The number of benzene rings is 7. The first-order chi connectivity index (χ1) is 29.8. The molecule has 0 amide bonds. The zero-order valence-corrected chi connectivity index (χ0v) is 34.0. The molecule has 12 rings (SSSR count). The van der Waals surface area contributed by atoms with Gasteiger partial charge in [-0.1, -0.05) is 188 Å². The molecule has 1 aromatic heterocycles. The van der Waals surface area contributed by atoms with Gasteiger partial charge < -0.3 is 5.32 Å². The Balaban J connectivity index is 1.05. The van der Waals surface area contributed by atoms with Crippen LogP contribution in [0.15, 0.2) is 216 Å². The van der Waals surface area contributed by atoms with Crippen LogP contribution in [-0.4, -0.2) is 5.71 Å². The molecule has 3 heteroatoms. The van der Waals surface area contributed by atoms with Crippen LogP contribution in [0.25, 0.3) is 37.6 Å². The van der Waals surface area contributed by atoms with Crippen LogP contribution in [0.1, 0.15) is 69.6 Å². The van der Waals surface area contributed by atoms with Crippen molar-refractivity contribution in [3.8, 4) is 11.1 Å². The minimum absolute atomic E-state index is 0.173. The minimum Gasteiger partial charge on any atom is -0.358 e. The monoisotopic (exact) mass is 786 g/mol. The minimum atomic E-state index is -0.404. The molecule has 0 saturated heterocycles. The Labute approximate surface area is 355 Å². The molecule has 7 aromatic carbocycles. The van der Waals surface area contributed by atoms with E-state index in [-0.39, 0.29) is 12.1 Å². The van der Waals surface area contributed by atoms with Gasteiger partial charge in [0.25, 0.3) is 0 Å². The summed E-state index contributed by atoms with van der Waals surface area (Å²) in [6.45, 7) is 0. The number of hydrogen-bond donors (Lipinski definition) is 1. The van der Waals surface area contributed by atoms with Gasteiger partial charge >= 0.3 is 0 Å². The first kappa shape index (κ1) is 35.2. The predicted molar refractivity (Wildman–Crippen MR) is 253 cm³/mol. The van der Waals surface area contributed by atoms with Crippen molar-refractivity contribution in [3.05, 3.63) is 250 Å². The van der Waals surface area contributed by atoms with Gasteiger partial charge in [-0.2, -0.15) is 0 Å². The van der Waals surface area contributed by atoms with E-state index in [9.17, 15) is 0 Å². The van der Waals surface area contributed by atoms with E-state index in [2.05, 4.69) is 206 Å². The number of nitrogens with zero attached hydrogens (tertiary/aromatic N) is 1. The third kappa shape index (κ3) is 5.42. The predicted octanol–water partition coefficient (Wildman–Crippen LogP) is 14.8. The number of thiophene rings is 1. The van der Waals surface area contributed by atoms with Crippen molar-refractivity contribution in [2.45, 2.75) is 36.8 Å². The average Bonchev–Trinajstić information content (AvgIpc) is 3.85. The number of fused-ring (bicyclic) bond motifs is 6. The normalized spacial score (nSPS) is 20.3. The molecule has 0 saturated carbocycles. The van der Waals surface area contributed by atoms with Crippen molar-refractivity contribution in [3.63, 3.8) is 0 Å². The molecule has 286 valence electrons. The molecular weight excluding hydrogens is 745 g/mol. The van der Waals surface area contributed by atoms with Gasteiger partial charge in [-0.3, -0.25) is 4.99 Å². The Kier molecular flexibility index (Phi) is 8.31. The van der Waals surface area contributed by atoms with E-state index in [4.69, 9.17) is 4.99 Å². The van der Waals surface area contributed by atoms with Gasteiger partial charge in [-0.05, 0) is 98.3 Å². The average molecular weight is 787 g/mol. The molecule has 0 fully saturated rings. The fourth-order valence-electron chi connectivity index (χ4n) is 10.6. The summed E-state index contributed by atoms with van der Waals surface area (Å²) in [4.78, 5) is 6.69. The summed E-state index contributed by atoms with van der Waals surface area (Å²) in [6, 6.07) is 62.7. The molecule has 3 aliphatic carbocycles. The Morgan fingerprint density at radius 1 is 0.650 bits per heavy atom. The van der Waals surface area contributed by atoms with Gasteiger partial charge in [0.2, 0.25) is 0 Å². The molecule has 2 heterocycles. The van der Waals surface area contributed by atoms with E-state index >= 15 is 0 Å². The van der Waals surface area contributed by atoms with E-state index in [1.54, 1.807) is 0 Å². The first-order valence-corrected chi connectivity index (χ1v) is 22.0. The van der Waals surface area contributed by atoms with Crippen LogP contribution in [0.4, 0.5) is 5.69 Å². The zero-order chi connectivity index (χ0) is 39.6. The highest BCUT2D eigenvalue weighted by Gasteiger charge is 2.50. The van der Waals surface area contributed by atoms with Crippen LogP contribution in [0, 0.1) is 0 Å². The maximum Gasteiger partial charge on any atom is 0.145 e. The third-order valence-corrected chi connectivity index (χ3v) is 14.4. The summed E-state index contributed by atoms with van der Waals surface area (Å²) >= 11 is 1.83. The Hall–Kier alpha value is -6.81. The maximum atomic E-state index is 5.49. The Morgan fingerprint density at radius 2 is 1.37 bits per heavy atom. The number of aliphatic imine (C=N–C) groups is 1. The maximum absolute atomic E-state index is 5.49. The van der Waals surface area contributed by atoms with Gasteiger partial charge in [0.15, 0.2) is 0 Å². The van der Waals surface area contributed by atoms with Crippen LogP contribution in [0.5, 0.6) is 0 Å². The molecule has 1 N–H and O–H groups in total. The van der Waals surface area contributed by atoms with Gasteiger partial charge in [0.05, 0.1) is 21.7 Å². The number of allylic oxidation sites excluding steroid dienone is 8. The lowest BCUT2D eigenvalue weighted by molar-refractivity contribution is 0.626. The quantitative estimate of drug-likeness (QED) is 0.178. The lowest BCUT2D eigenvalue weighted by atomic mass is 9.62. The molecule has 0 spiro atoms. The fourth-order valence-corrected chi connectivity index (χ4v) is 11.8. The fraction of sp³-hybridized carbons (Fsp3) is 0.105. The van der Waals surface area contributed by atoms with Crippen LogP contribution in [0.2, 0.25) is 0 Å². The van der Waals surface area contributed by atoms with Gasteiger partial charge in [0, 0.05) is 21.6 Å². The lowest BCUT2D eigenvalue weighted by Crippen LogP contribution is -2.32. The van der Waals surface area contributed by atoms with Crippen molar-refractivity contribution >= 4 is 49.2 Å². The second kappa shape index (κ2) is 14.2. The molecule has 4 aliphatic rings. The van der Waals surface area contributed by atoms with Crippen LogP contribution >= 0.6 is 11.3 Å². The standard InChI is InChI=1S/C57H42N2S/c1-5-18-37(19-6-1)51-45-29-14-13-22-41(45)36-49-52(51)46-33-32-40(35-48(46)57(49,43-25-9-3-10-26-43)44-27-11-4-12-28-44)39-23-17-24-42(34-39)53-55-54(47-30-15-16-31-50(47)60-55)59-56(58-53)38-20-7-2-8-21-38/h1-11,13-27,29-34,36,40,56,59H,12,28,35H2. The van der Waals surface area contributed by atoms with Crippen molar-refractivity contribution in [1.82, 2.24) is 0 Å². The summed E-state index contributed by atoms with van der Waals surface area (Å²) in [6.07, 6.45) is 14.8. The highest BCUT2D eigenvalue weighted by Crippen LogP contribution is 2.62. The molecule has 3 unspecified atom stereocenters. The van der Waals surface area contributed by atoms with E-state index in [0.29, 0.717) is 0 Å². The zero-order valence-electron chi connectivity index (χ0n) is 33.2. The van der Waals surface area contributed by atoms with Crippen LogP contribution in [-0.2, 0) is 5.41 Å². The summed E-state index contributed by atoms with van der Waals surface area (Å²) in [5.74, 6) is 0.185. The molecule has 2 nitrogen and oxygen atoms in total. The van der Waals surface area contributed by atoms with E-state index in [0.717, 1.165) is 36.1 Å². The topological polar surface area (TPSA) is 24.4 Å². The van der Waals surface area contributed by atoms with Gasteiger partial charge in [0.1, 0.15) is 6.17 Å².